The molecule has 0 saturated carbocycles. The van der Waals surface area contributed by atoms with Gasteiger partial charge < -0.3 is 0 Å². The number of rotatable bonds is 5. The monoisotopic (exact) mass is 350 g/mol. The number of thioether (sulfide) groups is 1. The quantitative estimate of drug-likeness (QED) is 0.523. The maximum absolute atomic E-state index is 13.6. The summed E-state index contributed by atoms with van der Waals surface area (Å²) in [4.78, 5) is 12.0. The number of nitrogens with zero attached hydrogens (tertiary/aromatic N) is 4. The van der Waals surface area contributed by atoms with Crippen molar-refractivity contribution in [3.63, 3.8) is 0 Å². The van der Waals surface area contributed by atoms with E-state index >= 15 is 0 Å². The molecule has 5 nitrogen and oxygen atoms in total. The standard InChI is InChI=1S/C15H9F3N4OS/c16-9-2-1-3-11(6-9)22-15(19-20-21-22)24-8-14(23)12-7-10(17)4-5-13(12)18/h1-7H,8H2. The summed E-state index contributed by atoms with van der Waals surface area (Å²) in [6.45, 7) is 0. The minimum absolute atomic E-state index is 0.198. The van der Waals surface area contributed by atoms with Crippen LogP contribution < -0.4 is 0 Å². The molecule has 0 aliphatic rings. The van der Waals surface area contributed by atoms with Gasteiger partial charge in [0.25, 0.3) is 0 Å². The number of halogens is 3. The molecule has 0 N–H and O–H groups in total. The van der Waals surface area contributed by atoms with E-state index in [2.05, 4.69) is 15.5 Å². The summed E-state index contributed by atoms with van der Waals surface area (Å²) in [5.41, 5.74) is 0.0409. The Bertz CT molecular complexity index is 900. The van der Waals surface area contributed by atoms with Gasteiger partial charge in [-0.05, 0) is 46.8 Å². The van der Waals surface area contributed by atoms with Crippen LogP contribution in [-0.4, -0.2) is 31.7 Å². The van der Waals surface area contributed by atoms with Crippen molar-refractivity contribution in [3.05, 3.63) is 65.5 Å². The van der Waals surface area contributed by atoms with Crippen molar-refractivity contribution in [2.75, 3.05) is 5.75 Å². The van der Waals surface area contributed by atoms with Gasteiger partial charge in [-0.3, -0.25) is 4.79 Å². The first-order valence-electron chi connectivity index (χ1n) is 6.70. The molecule has 1 heterocycles. The van der Waals surface area contributed by atoms with Crippen LogP contribution in [-0.2, 0) is 0 Å². The Hall–Kier alpha value is -2.68. The van der Waals surface area contributed by atoms with Crippen molar-refractivity contribution >= 4 is 17.5 Å². The van der Waals surface area contributed by atoms with Crippen molar-refractivity contribution < 1.29 is 18.0 Å². The van der Waals surface area contributed by atoms with E-state index in [0.717, 1.165) is 30.0 Å². The zero-order valence-electron chi connectivity index (χ0n) is 12.0. The predicted molar refractivity (Wildman–Crippen MR) is 80.5 cm³/mol. The van der Waals surface area contributed by atoms with Gasteiger partial charge >= 0.3 is 0 Å². The maximum Gasteiger partial charge on any atom is 0.214 e. The Morgan fingerprint density at radius 2 is 1.88 bits per heavy atom. The van der Waals surface area contributed by atoms with Gasteiger partial charge in [-0.15, -0.1) is 5.10 Å². The third-order valence-electron chi connectivity index (χ3n) is 3.05. The number of hydrogen-bond acceptors (Lipinski definition) is 5. The summed E-state index contributed by atoms with van der Waals surface area (Å²) in [6, 6.07) is 8.26. The zero-order chi connectivity index (χ0) is 17.1. The van der Waals surface area contributed by atoms with Gasteiger partial charge in [0.1, 0.15) is 17.5 Å². The molecule has 9 heteroatoms. The Morgan fingerprint density at radius 1 is 1.08 bits per heavy atom. The fourth-order valence-electron chi connectivity index (χ4n) is 1.96. The molecular formula is C15H9F3N4OS. The van der Waals surface area contributed by atoms with Crippen LogP contribution in [0.3, 0.4) is 0 Å². The Labute approximate surface area is 138 Å². The molecule has 0 aliphatic carbocycles. The van der Waals surface area contributed by atoms with E-state index in [9.17, 15) is 18.0 Å². The van der Waals surface area contributed by atoms with Crippen molar-refractivity contribution in [2.45, 2.75) is 5.16 Å². The van der Waals surface area contributed by atoms with E-state index in [-0.39, 0.29) is 16.5 Å². The number of ketones is 1. The maximum atomic E-state index is 13.6. The van der Waals surface area contributed by atoms with Gasteiger partial charge in [0.05, 0.1) is 17.0 Å². The van der Waals surface area contributed by atoms with Gasteiger partial charge in [-0.25, -0.2) is 13.2 Å². The molecule has 0 bridgehead atoms. The van der Waals surface area contributed by atoms with Crippen LogP contribution >= 0.6 is 11.8 Å². The van der Waals surface area contributed by atoms with Crippen LogP contribution in [0.1, 0.15) is 10.4 Å². The van der Waals surface area contributed by atoms with Crippen LogP contribution in [0.2, 0.25) is 0 Å². The largest absolute Gasteiger partial charge is 0.293 e. The van der Waals surface area contributed by atoms with E-state index < -0.39 is 23.2 Å². The first kappa shape index (κ1) is 16.2. The van der Waals surface area contributed by atoms with E-state index in [4.69, 9.17) is 0 Å². The fourth-order valence-corrected chi connectivity index (χ4v) is 2.73. The first-order chi connectivity index (χ1) is 11.5. The van der Waals surface area contributed by atoms with Gasteiger partial charge in [-0.1, -0.05) is 17.8 Å². The molecule has 0 radical (unpaired) electrons. The van der Waals surface area contributed by atoms with E-state index in [1.54, 1.807) is 6.07 Å². The van der Waals surface area contributed by atoms with Crippen molar-refractivity contribution in [2.24, 2.45) is 0 Å². The second kappa shape index (κ2) is 6.83. The lowest BCUT2D eigenvalue weighted by molar-refractivity contribution is 0.101. The molecule has 0 fully saturated rings. The van der Waals surface area contributed by atoms with E-state index in [0.29, 0.717) is 5.69 Å². The molecule has 0 atom stereocenters. The van der Waals surface area contributed by atoms with Gasteiger partial charge in [0.15, 0.2) is 5.78 Å². The molecule has 3 rings (SSSR count). The summed E-state index contributed by atoms with van der Waals surface area (Å²) >= 11 is 0.938. The van der Waals surface area contributed by atoms with Gasteiger partial charge in [0, 0.05) is 0 Å². The van der Waals surface area contributed by atoms with Gasteiger partial charge in [-0.2, -0.15) is 4.68 Å². The molecule has 0 saturated heterocycles. The number of carbonyl (C=O) groups is 1. The number of Topliss-reactive ketones (excluding diaryl/α,β-unsaturated/α-hetero) is 1. The Balaban J connectivity index is 1.77. The van der Waals surface area contributed by atoms with Crippen molar-refractivity contribution in [1.29, 1.82) is 0 Å². The highest BCUT2D eigenvalue weighted by Gasteiger charge is 2.16. The van der Waals surface area contributed by atoms with Crippen molar-refractivity contribution in [1.82, 2.24) is 20.2 Å². The third-order valence-corrected chi connectivity index (χ3v) is 3.97. The predicted octanol–water partition coefficient (Wildman–Crippen LogP) is 3.05. The Kier molecular flexibility index (Phi) is 4.61. The minimum Gasteiger partial charge on any atom is -0.293 e. The number of aromatic nitrogens is 4. The summed E-state index contributed by atoms with van der Waals surface area (Å²) in [5, 5.41) is 11.2. The number of hydrogen-bond donors (Lipinski definition) is 0. The van der Waals surface area contributed by atoms with E-state index in [1.807, 2.05) is 0 Å². The third kappa shape index (κ3) is 3.46. The topological polar surface area (TPSA) is 60.7 Å². The lowest BCUT2D eigenvalue weighted by atomic mass is 10.1. The van der Waals surface area contributed by atoms with E-state index in [1.165, 1.54) is 22.9 Å². The minimum atomic E-state index is -0.799. The van der Waals surface area contributed by atoms with Crippen LogP contribution in [0.5, 0.6) is 0 Å². The highest BCUT2D eigenvalue weighted by atomic mass is 32.2. The average Bonchev–Trinajstić information content (AvgIpc) is 3.03. The number of benzene rings is 2. The normalized spacial score (nSPS) is 10.8. The molecule has 0 aliphatic heterocycles. The summed E-state index contributed by atoms with van der Waals surface area (Å²) < 4.78 is 41.3. The molecule has 122 valence electrons. The highest BCUT2D eigenvalue weighted by molar-refractivity contribution is 7.99. The second-order valence-electron chi connectivity index (χ2n) is 4.69. The lowest BCUT2D eigenvalue weighted by Crippen LogP contribution is -2.07. The SMILES string of the molecule is O=C(CSc1nnnn1-c1cccc(F)c1)c1cc(F)ccc1F. The van der Waals surface area contributed by atoms with Crippen LogP contribution in [0, 0.1) is 17.5 Å². The van der Waals surface area contributed by atoms with Crippen molar-refractivity contribution in [3.8, 4) is 5.69 Å². The van der Waals surface area contributed by atoms with Crippen LogP contribution in [0.4, 0.5) is 13.2 Å². The summed E-state index contributed by atoms with van der Waals surface area (Å²) in [7, 11) is 0. The number of tetrazole rings is 1. The lowest BCUT2D eigenvalue weighted by Gasteiger charge is -2.05. The zero-order valence-corrected chi connectivity index (χ0v) is 12.8. The smallest absolute Gasteiger partial charge is 0.214 e. The second-order valence-corrected chi connectivity index (χ2v) is 5.63. The summed E-state index contributed by atoms with van der Waals surface area (Å²) in [5.74, 6) is -2.76. The molecule has 2 aromatic carbocycles. The molecule has 24 heavy (non-hydrogen) atoms. The fraction of sp³-hybridized carbons (Fsp3) is 0.0667. The Morgan fingerprint density at radius 3 is 2.67 bits per heavy atom. The average molecular weight is 350 g/mol. The van der Waals surface area contributed by atoms with Crippen LogP contribution in [0.25, 0.3) is 5.69 Å². The van der Waals surface area contributed by atoms with Crippen LogP contribution in [0.15, 0.2) is 47.6 Å². The molecule has 0 unspecified atom stereocenters. The molecule has 1 aromatic heterocycles. The number of carbonyl (C=O) groups excluding carboxylic acids is 1. The van der Waals surface area contributed by atoms with Gasteiger partial charge in [0.2, 0.25) is 5.16 Å². The summed E-state index contributed by atoms with van der Waals surface area (Å²) in [6.07, 6.45) is 0. The first-order valence-corrected chi connectivity index (χ1v) is 7.68. The molecule has 3 aromatic rings. The molecular weight excluding hydrogens is 341 g/mol. The molecule has 0 amide bonds. The molecule has 0 spiro atoms. The highest BCUT2D eigenvalue weighted by Crippen LogP contribution is 2.21.